The van der Waals surface area contributed by atoms with Gasteiger partial charge in [0.2, 0.25) is 11.6 Å². The number of hydrogen-bond acceptors (Lipinski definition) is 26. The van der Waals surface area contributed by atoms with Crippen LogP contribution in [0.2, 0.25) is 5.02 Å². The molecule has 0 aliphatic carbocycles. The molecule has 1 atom stereocenters. The van der Waals surface area contributed by atoms with Crippen molar-refractivity contribution in [3.8, 4) is 11.4 Å². The van der Waals surface area contributed by atoms with Gasteiger partial charge in [-0.1, -0.05) is 23.7 Å². The summed E-state index contributed by atoms with van der Waals surface area (Å²) in [5.74, 6) is 1.19. The highest BCUT2D eigenvalue weighted by atomic mass is 35.5. The molecule has 2 aromatic carbocycles. The zero-order valence-electron chi connectivity index (χ0n) is 72.5. The molecule has 6 aromatic heterocycles. The summed E-state index contributed by atoms with van der Waals surface area (Å²) in [6.45, 7) is 8.85. The predicted octanol–water partition coefficient (Wildman–Crippen LogP) is 9.92. The molecule has 664 valence electrons. The van der Waals surface area contributed by atoms with Gasteiger partial charge in [-0.25, -0.2) is 15.0 Å². The van der Waals surface area contributed by atoms with Crippen molar-refractivity contribution in [2.75, 3.05) is 133 Å². The predicted molar refractivity (Wildman–Crippen MR) is 457 cm³/mol. The van der Waals surface area contributed by atoms with Crippen molar-refractivity contribution in [1.29, 1.82) is 0 Å². The van der Waals surface area contributed by atoms with E-state index in [0.717, 1.165) is 36.2 Å². The number of halogens is 1. The summed E-state index contributed by atoms with van der Waals surface area (Å²) in [6, 6.07) is 16.0. The van der Waals surface area contributed by atoms with E-state index in [1.54, 1.807) is 108 Å². The highest BCUT2D eigenvalue weighted by Crippen LogP contribution is 2.35. The van der Waals surface area contributed by atoms with Gasteiger partial charge in [-0.15, -0.1) is 10.2 Å². The van der Waals surface area contributed by atoms with Crippen LogP contribution in [0.5, 0.6) is 5.75 Å². The van der Waals surface area contributed by atoms with Crippen LogP contribution in [0.25, 0.3) is 5.69 Å². The summed E-state index contributed by atoms with van der Waals surface area (Å²) in [6.07, 6.45) is 13.7. The molecule has 0 fully saturated rings. The number of benzene rings is 2. The number of aryl methyl sites for hydroxylation is 6. The molecule has 1 aliphatic heterocycles. The molecule has 33 heteroatoms. The molecule has 9 rings (SSSR count). The van der Waals surface area contributed by atoms with Crippen molar-refractivity contribution >= 4 is 75.1 Å². The van der Waals surface area contributed by atoms with Gasteiger partial charge in [-0.3, -0.25) is 57.5 Å². The van der Waals surface area contributed by atoms with Crippen molar-refractivity contribution in [3.05, 3.63) is 170 Å². The Morgan fingerprint density at radius 2 is 0.821 bits per heavy atom. The lowest BCUT2D eigenvalue weighted by Crippen LogP contribution is -2.15. The quantitative estimate of drug-likeness (QED) is 0.0252. The van der Waals surface area contributed by atoms with E-state index in [1.807, 2.05) is 68.1 Å². The van der Waals surface area contributed by atoms with Crippen LogP contribution in [-0.2, 0) is 129 Å². The first-order valence-electron chi connectivity index (χ1n) is 42.1. The molecular weight excluding hydrogens is 1600 g/mol. The third-order valence-electron chi connectivity index (χ3n) is 20.5. The molecule has 0 saturated carbocycles. The number of Topliss-reactive ketones (excluding diaryl/α,β-unsaturated/α-hetero) is 10. The molecule has 0 N–H and O–H groups in total. The Morgan fingerprint density at radius 3 is 1.28 bits per heavy atom. The summed E-state index contributed by atoms with van der Waals surface area (Å²) < 4.78 is 60.5. The fraction of sp³-hybridized carbons (Fsp3) is 0.533. The Bertz CT molecular complexity index is 4890. The van der Waals surface area contributed by atoms with E-state index in [0.29, 0.717) is 205 Å². The lowest BCUT2D eigenvalue weighted by atomic mass is 9.99. The highest BCUT2D eigenvalue weighted by molar-refractivity contribution is 6.30. The Labute approximate surface area is 723 Å². The Hall–Kier alpha value is -10.1. The second-order valence-electron chi connectivity index (χ2n) is 31.0. The van der Waals surface area contributed by atoms with Crippen molar-refractivity contribution in [1.82, 2.24) is 57.5 Å². The molecule has 0 saturated heterocycles. The highest BCUT2D eigenvalue weighted by Gasteiger charge is 2.31. The number of aliphatic imine (C=N–C) groups is 1. The van der Waals surface area contributed by atoms with E-state index < -0.39 is 6.04 Å². The van der Waals surface area contributed by atoms with Crippen LogP contribution >= 0.6 is 11.6 Å². The van der Waals surface area contributed by atoms with Gasteiger partial charge in [0.1, 0.15) is 46.5 Å². The maximum absolute atomic E-state index is 13.5. The Balaban J connectivity index is 0.535. The minimum Gasteiger partial charge on any atom is -0.497 e. The summed E-state index contributed by atoms with van der Waals surface area (Å²) in [5, 5.41) is 9.44. The first kappa shape index (κ1) is 96.7. The summed E-state index contributed by atoms with van der Waals surface area (Å²) in [5.41, 5.74) is 6.56. The maximum atomic E-state index is 13.5. The van der Waals surface area contributed by atoms with Gasteiger partial charge in [-0.2, -0.15) is 0 Å². The van der Waals surface area contributed by atoms with Gasteiger partial charge in [0.05, 0.1) is 165 Å². The number of ketones is 10. The van der Waals surface area contributed by atoms with Gasteiger partial charge >= 0.3 is 0 Å². The number of unbranched alkanes of at least 4 members (excludes halogenated alkanes) is 1. The second kappa shape index (κ2) is 50.6. The molecule has 8 aromatic rings. The Kier molecular flexibility index (Phi) is 39.8. The van der Waals surface area contributed by atoms with Crippen LogP contribution in [0, 0.1) is 6.92 Å². The van der Waals surface area contributed by atoms with E-state index in [4.69, 9.17) is 59.2 Å². The lowest BCUT2D eigenvalue weighted by Gasteiger charge is -2.14. The number of carbonyl (C=O) groups excluding carboxylic acids is 10. The number of aromatic nitrogens is 11. The van der Waals surface area contributed by atoms with Gasteiger partial charge in [-0.05, 0) is 120 Å². The average Bonchev–Trinajstić information content (AvgIpc) is 1.61. The number of rotatable bonds is 64. The van der Waals surface area contributed by atoms with Crippen molar-refractivity contribution in [3.63, 3.8) is 0 Å². The number of carbonyl (C=O) groups is 10. The first-order valence-corrected chi connectivity index (χ1v) is 42.5. The van der Waals surface area contributed by atoms with E-state index >= 15 is 0 Å². The standard InChI is InChI=1S/C90H118ClN13O19/c1-62-96-97-87-77(95-86(65-24-26-66(91)27-25-65)76-56-75(115-9)28-29-78(76)104(62)87)55-73(108)20-15-32-116-34-36-118-38-40-120-42-44-122-46-47-123-45-43-121-41-39-119-37-35-117-33-30-74(109)54-69-61-103(8)90(94-69)85(114)51-64-49-80(100(5)58-64)82(111)22-14-19-72(107)53-68-60-102(7)89(93-68)84(113)50-63-48-79(99(4)57-63)81(110)21-13-18-71(106)52-67-59-101(6)88(92-67)83(112)23-12-17-70(105)16-10-11-31-98(2)3/h24-29,48-49,56-61,77H,10-23,30-47,50-55H2,1-9H3/t77-/m0/s1. The lowest BCUT2D eigenvalue weighted by molar-refractivity contribution is -0.120. The van der Waals surface area contributed by atoms with Gasteiger partial charge in [0, 0.05) is 166 Å². The van der Waals surface area contributed by atoms with Gasteiger partial charge < -0.3 is 70.4 Å². The van der Waals surface area contributed by atoms with E-state index in [-0.39, 0.29) is 165 Å². The number of hydrogen-bond donors (Lipinski definition) is 0. The van der Waals surface area contributed by atoms with Crippen LogP contribution in [0.15, 0.2) is 90.6 Å². The van der Waals surface area contributed by atoms with Gasteiger partial charge in [0.25, 0.3) is 0 Å². The number of imidazole rings is 3. The minimum absolute atomic E-state index is 0.0189. The first-order chi connectivity index (χ1) is 59.3. The van der Waals surface area contributed by atoms with Crippen LogP contribution in [-0.4, -0.2) is 254 Å². The molecule has 1 aliphatic rings. The zero-order valence-corrected chi connectivity index (χ0v) is 73.2. The number of methoxy groups -OCH3 is 1. The van der Waals surface area contributed by atoms with Crippen molar-refractivity contribution in [2.45, 2.75) is 148 Å². The average molecular weight is 1720 g/mol. The third kappa shape index (κ3) is 31.6. The normalized spacial score (nSPS) is 12.5. The fourth-order valence-corrected chi connectivity index (χ4v) is 14.4. The molecule has 0 amide bonds. The largest absolute Gasteiger partial charge is 0.497 e. The zero-order chi connectivity index (χ0) is 88.2. The van der Waals surface area contributed by atoms with Crippen LogP contribution in [0.4, 0.5) is 0 Å². The summed E-state index contributed by atoms with van der Waals surface area (Å²) in [7, 11) is 14.1. The monoisotopic (exact) mass is 1720 g/mol. The van der Waals surface area contributed by atoms with E-state index in [9.17, 15) is 47.9 Å². The van der Waals surface area contributed by atoms with Crippen molar-refractivity contribution in [2.24, 2.45) is 40.2 Å². The topological polar surface area (TPSA) is 363 Å². The van der Waals surface area contributed by atoms with Crippen molar-refractivity contribution < 1.29 is 90.6 Å². The van der Waals surface area contributed by atoms with Crippen LogP contribution < -0.4 is 4.74 Å². The number of fused-ring (bicyclic) bond motifs is 3. The molecule has 7 heterocycles. The minimum atomic E-state index is -0.561. The number of ether oxygens (including phenoxy) is 9. The van der Waals surface area contributed by atoms with E-state index in [1.165, 1.54) is 0 Å². The smallest absolute Gasteiger partial charge is 0.202 e. The van der Waals surface area contributed by atoms with Crippen LogP contribution in [0.1, 0.15) is 213 Å². The SMILES string of the molecule is COc1ccc2c(c1)C(c1ccc(Cl)cc1)=N[C@@H](CC(=O)CCCOCCOCCOCCOCCOCCOCCOCCOCCC(=O)Cc1cn(C)c(C(=O)Cc3cc(C(=O)CCCC(=O)Cc4cn(C)c(C(=O)Cc5cc(C(=O)CCCC(=O)Cc6cn(C)c(C(=O)CCCC(=O)CCCCN(C)C)n6)n(C)c5)n4)n(C)c3)n1)c1nnc(C)n1-2. The second-order valence-corrected chi connectivity index (χ2v) is 31.4. The number of nitrogens with zero attached hydrogens (tertiary/aromatic N) is 13. The molecule has 123 heavy (non-hydrogen) atoms. The summed E-state index contributed by atoms with van der Waals surface area (Å²) >= 11 is 6.24. The van der Waals surface area contributed by atoms with Crippen LogP contribution in [0.3, 0.4) is 0 Å². The molecular formula is C90H118ClN13O19. The summed E-state index contributed by atoms with van der Waals surface area (Å²) in [4.78, 5) is 152. The van der Waals surface area contributed by atoms with E-state index in [2.05, 4.69) is 30.0 Å². The van der Waals surface area contributed by atoms with Gasteiger partial charge in [0.15, 0.2) is 40.6 Å². The maximum Gasteiger partial charge on any atom is 0.202 e. The molecule has 32 nitrogen and oxygen atoms in total. The molecule has 0 bridgehead atoms. The molecule has 0 unspecified atom stereocenters. The molecule has 0 spiro atoms. The fourth-order valence-electron chi connectivity index (χ4n) is 14.3. The third-order valence-corrected chi connectivity index (χ3v) is 20.8. The molecule has 0 radical (unpaired) electrons. The Morgan fingerprint density at radius 1 is 0.407 bits per heavy atom.